The quantitative estimate of drug-likeness (QED) is 0.243. The molecule has 2 heterocycles. The molecule has 36 heavy (non-hydrogen) atoms. The number of rotatable bonds is 10. The van der Waals surface area contributed by atoms with Gasteiger partial charge >= 0.3 is 11.7 Å². The summed E-state index contributed by atoms with van der Waals surface area (Å²) in [5.41, 5.74) is -0.634. The summed E-state index contributed by atoms with van der Waals surface area (Å²) in [5.74, 6) is -2.48. The second kappa shape index (κ2) is 10.9. The molecule has 0 saturated heterocycles. The molecule has 4 aromatic rings. The van der Waals surface area contributed by atoms with Crippen LogP contribution in [-0.2, 0) is 33.9 Å². The smallest absolute Gasteiger partial charge is 0.333 e. The molecule has 0 N–H and O–H groups in total. The average molecular weight is 494 g/mol. The van der Waals surface area contributed by atoms with Crippen LogP contribution in [0.4, 0.5) is 4.39 Å². The van der Waals surface area contributed by atoms with Crippen molar-refractivity contribution >= 4 is 22.9 Å². The fourth-order valence-electron chi connectivity index (χ4n) is 3.73. The Morgan fingerprint density at radius 1 is 1.00 bits per heavy atom. The summed E-state index contributed by atoms with van der Waals surface area (Å²) in [6.07, 6.45) is 1.43. The van der Waals surface area contributed by atoms with Gasteiger partial charge in [-0.1, -0.05) is 42.5 Å². The third-order valence-electron chi connectivity index (χ3n) is 5.53. The number of nitrogens with zero attached hydrogens (tertiary/aromatic N) is 4. The number of Topliss-reactive ketones (excluding diaryl/α,β-unsaturated/α-hetero) is 1. The molecule has 0 bridgehead atoms. The average Bonchev–Trinajstić information content (AvgIpc) is 3.31. The molecule has 10 nitrogen and oxygen atoms in total. The first-order valence-electron chi connectivity index (χ1n) is 11.1. The second-order valence-corrected chi connectivity index (χ2v) is 7.91. The zero-order valence-corrected chi connectivity index (χ0v) is 19.4. The van der Waals surface area contributed by atoms with Crippen molar-refractivity contribution in [2.75, 3.05) is 20.3 Å². The largest absolute Gasteiger partial charge is 0.456 e. The molecular weight excluding hydrogens is 471 g/mol. The molecule has 11 heteroatoms. The first-order chi connectivity index (χ1) is 17.4. The Kier molecular flexibility index (Phi) is 7.50. The minimum Gasteiger partial charge on any atom is -0.456 e. The van der Waals surface area contributed by atoms with Crippen LogP contribution in [0.3, 0.4) is 0 Å². The number of esters is 1. The van der Waals surface area contributed by atoms with E-state index in [1.54, 1.807) is 4.57 Å². The van der Waals surface area contributed by atoms with E-state index in [0.717, 1.165) is 16.2 Å². The maximum Gasteiger partial charge on any atom is 0.333 e. The van der Waals surface area contributed by atoms with Gasteiger partial charge in [-0.25, -0.2) is 18.7 Å². The normalized spacial score (nSPS) is 11.1. The number of carbonyl (C=O) groups excluding carboxylic acids is 2. The van der Waals surface area contributed by atoms with Gasteiger partial charge in [0.05, 0.1) is 25.0 Å². The van der Waals surface area contributed by atoms with E-state index in [9.17, 15) is 23.6 Å². The minimum atomic E-state index is -0.993. The Labute approximate surface area is 204 Å². The first kappa shape index (κ1) is 24.7. The van der Waals surface area contributed by atoms with Gasteiger partial charge in [0, 0.05) is 13.7 Å². The Bertz CT molecular complexity index is 1520. The number of imidazole rings is 1. The van der Waals surface area contributed by atoms with Crippen molar-refractivity contribution in [3.8, 4) is 0 Å². The molecular formula is C25H23FN4O6. The van der Waals surface area contributed by atoms with Gasteiger partial charge in [-0.15, -0.1) is 0 Å². The van der Waals surface area contributed by atoms with Gasteiger partial charge in [0.1, 0.15) is 12.4 Å². The van der Waals surface area contributed by atoms with E-state index in [1.807, 2.05) is 30.3 Å². The van der Waals surface area contributed by atoms with E-state index in [4.69, 9.17) is 9.47 Å². The number of benzene rings is 2. The van der Waals surface area contributed by atoms with Crippen LogP contribution in [0.1, 0.15) is 15.9 Å². The summed E-state index contributed by atoms with van der Waals surface area (Å²) < 4.78 is 27.5. The summed E-state index contributed by atoms with van der Waals surface area (Å²) in [7, 11) is 1.52. The lowest BCUT2D eigenvalue weighted by atomic mass is 10.1. The number of carbonyl (C=O) groups is 2. The van der Waals surface area contributed by atoms with Gasteiger partial charge in [0.25, 0.3) is 5.56 Å². The lowest BCUT2D eigenvalue weighted by molar-refractivity contribution is -0.143. The first-order valence-corrected chi connectivity index (χ1v) is 11.1. The monoisotopic (exact) mass is 494 g/mol. The highest BCUT2D eigenvalue weighted by atomic mass is 19.1. The predicted molar refractivity (Wildman–Crippen MR) is 127 cm³/mol. The zero-order chi connectivity index (χ0) is 25.7. The third kappa shape index (κ3) is 5.15. The van der Waals surface area contributed by atoms with Crippen LogP contribution in [-0.4, -0.2) is 50.8 Å². The van der Waals surface area contributed by atoms with Crippen molar-refractivity contribution in [2.45, 2.75) is 19.6 Å². The maximum atomic E-state index is 13.8. The van der Waals surface area contributed by atoms with Gasteiger partial charge in [-0.3, -0.25) is 19.0 Å². The molecule has 0 saturated carbocycles. The Morgan fingerprint density at radius 2 is 1.72 bits per heavy atom. The summed E-state index contributed by atoms with van der Waals surface area (Å²) in [4.78, 5) is 55.6. The Morgan fingerprint density at radius 3 is 2.44 bits per heavy atom. The van der Waals surface area contributed by atoms with Crippen LogP contribution in [0, 0.1) is 5.82 Å². The van der Waals surface area contributed by atoms with Crippen LogP contribution in [0.15, 0.2) is 70.5 Å². The molecule has 0 atom stereocenters. The van der Waals surface area contributed by atoms with E-state index in [0.29, 0.717) is 13.2 Å². The van der Waals surface area contributed by atoms with E-state index >= 15 is 0 Å². The predicted octanol–water partition coefficient (Wildman–Crippen LogP) is 1.62. The third-order valence-corrected chi connectivity index (χ3v) is 5.53. The van der Waals surface area contributed by atoms with Crippen molar-refractivity contribution < 1.29 is 23.5 Å². The minimum absolute atomic E-state index is 0.110. The van der Waals surface area contributed by atoms with Gasteiger partial charge in [-0.05, 0) is 17.7 Å². The van der Waals surface area contributed by atoms with Gasteiger partial charge in [-0.2, -0.15) is 0 Å². The van der Waals surface area contributed by atoms with Crippen molar-refractivity contribution in [3.63, 3.8) is 0 Å². The number of hydrogen-bond donors (Lipinski definition) is 0. The number of ketones is 1. The molecule has 0 spiro atoms. The van der Waals surface area contributed by atoms with Gasteiger partial charge in [0.15, 0.2) is 17.8 Å². The van der Waals surface area contributed by atoms with E-state index in [-0.39, 0.29) is 23.3 Å². The molecule has 2 aromatic heterocycles. The standard InChI is InChI=1S/C25H23FN4O6/c1-35-12-11-28-16-27-23-22(28)24(33)30(25(34)29(23)13-17-7-3-2-4-8-17)14-21(32)36-15-20(31)18-9-5-6-10-19(18)26/h2-10,16H,11-15H2,1H3. The molecule has 0 radical (unpaired) electrons. The van der Waals surface area contributed by atoms with Crippen molar-refractivity contribution in [2.24, 2.45) is 0 Å². The van der Waals surface area contributed by atoms with Crippen LogP contribution in [0.5, 0.6) is 0 Å². The molecule has 0 aliphatic rings. The van der Waals surface area contributed by atoms with Crippen molar-refractivity contribution in [3.05, 3.63) is 98.7 Å². The Hall–Kier alpha value is -4.38. The number of fused-ring (bicyclic) bond motifs is 1. The number of halogens is 1. The summed E-state index contributed by atoms with van der Waals surface area (Å²) in [5, 5.41) is 0. The fourth-order valence-corrected chi connectivity index (χ4v) is 3.73. The molecule has 0 amide bonds. The lowest BCUT2D eigenvalue weighted by Crippen LogP contribution is -2.43. The molecule has 0 aliphatic carbocycles. The topological polar surface area (TPSA) is 114 Å². The second-order valence-electron chi connectivity index (χ2n) is 7.91. The molecule has 0 unspecified atom stereocenters. The number of ether oxygens (including phenoxy) is 2. The summed E-state index contributed by atoms with van der Waals surface area (Å²) in [6.45, 7) is -0.766. The molecule has 2 aromatic carbocycles. The number of aromatic nitrogens is 4. The van der Waals surface area contributed by atoms with E-state index < -0.39 is 42.0 Å². The van der Waals surface area contributed by atoms with Crippen LogP contribution < -0.4 is 11.2 Å². The lowest BCUT2D eigenvalue weighted by Gasteiger charge is -2.13. The van der Waals surface area contributed by atoms with Gasteiger partial charge in [0.2, 0.25) is 5.78 Å². The molecule has 186 valence electrons. The maximum absolute atomic E-state index is 13.8. The highest BCUT2D eigenvalue weighted by Gasteiger charge is 2.21. The molecule has 0 aliphatic heterocycles. The highest BCUT2D eigenvalue weighted by molar-refractivity contribution is 5.98. The zero-order valence-electron chi connectivity index (χ0n) is 19.4. The Balaban J connectivity index is 1.66. The number of hydrogen-bond acceptors (Lipinski definition) is 7. The SMILES string of the molecule is COCCn1cnc2c1c(=O)n(CC(=O)OCC(=O)c1ccccc1F)c(=O)n2Cc1ccccc1. The van der Waals surface area contributed by atoms with Gasteiger partial charge < -0.3 is 14.0 Å². The van der Waals surface area contributed by atoms with E-state index in [2.05, 4.69) is 4.98 Å². The van der Waals surface area contributed by atoms with E-state index in [1.165, 1.54) is 36.2 Å². The van der Waals surface area contributed by atoms with Crippen molar-refractivity contribution in [1.82, 2.24) is 18.7 Å². The molecule has 4 rings (SSSR count). The van der Waals surface area contributed by atoms with Crippen molar-refractivity contribution in [1.29, 1.82) is 0 Å². The summed E-state index contributed by atoms with van der Waals surface area (Å²) >= 11 is 0. The van der Waals surface area contributed by atoms with Crippen LogP contribution >= 0.6 is 0 Å². The number of methoxy groups -OCH3 is 1. The fraction of sp³-hybridized carbons (Fsp3) is 0.240. The highest BCUT2D eigenvalue weighted by Crippen LogP contribution is 2.10. The summed E-state index contributed by atoms with van der Waals surface area (Å²) in [6, 6.07) is 14.4. The molecule has 0 fully saturated rings. The van der Waals surface area contributed by atoms with Crippen LogP contribution in [0.2, 0.25) is 0 Å². The van der Waals surface area contributed by atoms with Crippen LogP contribution in [0.25, 0.3) is 11.2 Å².